The minimum Gasteiger partial charge on any atom is -0.373 e. The molecule has 2 unspecified atom stereocenters. The predicted octanol–water partition coefficient (Wildman–Crippen LogP) is 0.565. The SMILES string of the molecule is CCN1CCC2C(C1)OCCN2C(=O)CSCC#N. The van der Waals surface area contributed by atoms with Gasteiger partial charge in [0.15, 0.2) is 0 Å². The third-order valence-corrected chi connectivity index (χ3v) is 4.62. The molecule has 106 valence electrons. The van der Waals surface area contributed by atoms with Crippen LogP contribution in [0.2, 0.25) is 0 Å². The minimum absolute atomic E-state index is 0.156. The fourth-order valence-electron chi connectivity index (χ4n) is 2.82. The van der Waals surface area contributed by atoms with E-state index < -0.39 is 0 Å². The molecule has 0 aromatic carbocycles. The fourth-order valence-corrected chi connectivity index (χ4v) is 3.35. The highest BCUT2D eigenvalue weighted by atomic mass is 32.2. The van der Waals surface area contributed by atoms with Gasteiger partial charge in [-0.3, -0.25) is 4.79 Å². The number of piperidine rings is 1. The van der Waals surface area contributed by atoms with Crippen molar-refractivity contribution in [3.63, 3.8) is 0 Å². The molecule has 0 aromatic heterocycles. The number of likely N-dealkylation sites (tertiary alicyclic amines) is 1. The van der Waals surface area contributed by atoms with Crippen LogP contribution in [0.5, 0.6) is 0 Å². The molecule has 6 heteroatoms. The van der Waals surface area contributed by atoms with Crippen molar-refractivity contribution in [3.8, 4) is 6.07 Å². The second kappa shape index (κ2) is 7.13. The van der Waals surface area contributed by atoms with Crippen LogP contribution in [0.3, 0.4) is 0 Å². The standard InChI is InChI=1S/C13H21N3O2S/c1-2-15-5-3-11-12(9-15)18-7-6-16(11)13(17)10-19-8-4-14/h11-12H,2-3,5-10H2,1H3. The largest absolute Gasteiger partial charge is 0.373 e. The lowest BCUT2D eigenvalue weighted by atomic mass is 9.98. The predicted molar refractivity (Wildman–Crippen MR) is 74.9 cm³/mol. The van der Waals surface area contributed by atoms with E-state index in [1.807, 2.05) is 4.90 Å². The summed E-state index contributed by atoms with van der Waals surface area (Å²) in [7, 11) is 0. The number of hydrogen-bond donors (Lipinski definition) is 0. The molecular formula is C13H21N3O2S. The van der Waals surface area contributed by atoms with E-state index in [2.05, 4.69) is 17.9 Å². The Hall–Kier alpha value is -0.770. The molecule has 2 aliphatic rings. The number of morpholine rings is 1. The lowest BCUT2D eigenvalue weighted by Gasteiger charge is -2.46. The lowest BCUT2D eigenvalue weighted by Crippen LogP contribution is -2.60. The van der Waals surface area contributed by atoms with Crippen LogP contribution in [0.15, 0.2) is 0 Å². The van der Waals surface area contributed by atoms with Gasteiger partial charge >= 0.3 is 0 Å². The first kappa shape index (κ1) is 14.6. The number of hydrogen-bond acceptors (Lipinski definition) is 5. The number of amides is 1. The van der Waals surface area contributed by atoms with Gasteiger partial charge < -0.3 is 14.5 Å². The summed E-state index contributed by atoms with van der Waals surface area (Å²) in [5.74, 6) is 0.950. The quantitative estimate of drug-likeness (QED) is 0.706. The molecule has 5 nitrogen and oxygen atoms in total. The zero-order valence-corrected chi connectivity index (χ0v) is 12.2. The Bertz CT molecular complexity index is 358. The molecule has 0 N–H and O–H groups in total. The van der Waals surface area contributed by atoms with Gasteiger partial charge in [-0.15, -0.1) is 11.8 Å². The average Bonchev–Trinajstić information content (AvgIpc) is 2.46. The Labute approximate surface area is 118 Å². The second-order valence-corrected chi connectivity index (χ2v) is 5.88. The van der Waals surface area contributed by atoms with Gasteiger partial charge in [0.05, 0.1) is 36.3 Å². The van der Waals surface area contributed by atoms with E-state index in [9.17, 15) is 4.79 Å². The zero-order valence-electron chi connectivity index (χ0n) is 11.4. The Morgan fingerprint density at radius 1 is 1.53 bits per heavy atom. The summed E-state index contributed by atoms with van der Waals surface area (Å²) in [6.07, 6.45) is 1.15. The normalized spacial score (nSPS) is 27.7. The summed E-state index contributed by atoms with van der Waals surface area (Å²) in [5, 5.41) is 8.51. The van der Waals surface area contributed by atoms with Gasteiger partial charge in [-0.1, -0.05) is 6.92 Å². The van der Waals surface area contributed by atoms with Gasteiger partial charge in [0.1, 0.15) is 0 Å². The molecule has 2 atom stereocenters. The highest BCUT2D eigenvalue weighted by molar-refractivity contribution is 8.00. The maximum Gasteiger partial charge on any atom is 0.233 e. The number of nitriles is 1. The van der Waals surface area contributed by atoms with Crippen LogP contribution in [-0.2, 0) is 9.53 Å². The zero-order chi connectivity index (χ0) is 13.7. The Morgan fingerprint density at radius 2 is 2.37 bits per heavy atom. The number of fused-ring (bicyclic) bond motifs is 1. The van der Waals surface area contributed by atoms with Crippen molar-refractivity contribution in [2.75, 3.05) is 44.3 Å². The van der Waals surface area contributed by atoms with Gasteiger partial charge in [0.25, 0.3) is 0 Å². The number of ether oxygens (including phenoxy) is 1. The smallest absolute Gasteiger partial charge is 0.233 e. The maximum absolute atomic E-state index is 12.2. The van der Waals surface area contributed by atoms with Crippen molar-refractivity contribution in [2.45, 2.75) is 25.5 Å². The number of nitrogens with zero attached hydrogens (tertiary/aromatic N) is 3. The summed E-state index contributed by atoms with van der Waals surface area (Å²) < 4.78 is 5.83. The minimum atomic E-state index is 0.156. The molecular weight excluding hydrogens is 262 g/mol. The van der Waals surface area contributed by atoms with Crippen LogP contribution in [-0.4, -0.2) is 72.1 Å². The van der Waals surface area contributed by atoms with E-state index >= 15 is 0 Å². The van der Waals surface area contributed by atoms with Crippen molar-refractivity contribution < 1.29 is 9.53 Å². The first-order valence-corrected chi connectivity index (χ1v) is 7.99. The summed E-state index contributed by atoms with van der Waals surface area (Å²) in [6.45, 7) is 6.49. The summed E-state index contributed by atoms with van der Waals surface area (Å²) in [6, 6.07) is 2.29. The van der Waals surface area contributed by atoms with Crippen molar-refractivity contribution in [3.05, 3.63) is 0 Å². The number of likely N-dealkylation sites (N-methyl/N-ethyl adjacent to an activating group) is 1. The van der Waals surface area contributed by atoms with Crippen LogP contribution in [0.25, 0.3) is 0 Å². The van der Waals surface area contributed by atoms with Crippen molar-refractivity contribution in [1.29, 1.82) is 5.26 Å². The van der Waals surface area contributed by atoms with Crippen LogP contribution >= 0.6 is 11.8 Å². The molecule has 0 spiro atoms. The van der Waals surface area contributed by atoms with Crippen LogP contribution in [0.1, 0.15) is 13.3 Å². The first-order valence-electron chi connectivity index (χ1n) is 6.84. The van der Waals surface area contributed by atoms with Gasteiger partial charge in [-0.05, 0) is 13.0 Å². The number of thioether (sulfide) groups is 1. The molecule has 0 aliphatic carbocycles. The second-order valence-electron chi connectivity index (χ2n) is 4.90. The van der Waals surface area contributed by atoms with Crippen LogP contribution in [0.4, 0.5) is 0 Å². The van der Waals surface area contributed by atoms with E-state index in [1.165, 1.54) is 11.8 Å². The third kappa shape index (κ3) is 3.62. The third-order valence-electron chi connectivity index (χ3n) is 3.83. The topological polar surface area (TPSA) is 56.6 Å². The van der Waals surface area contributed by atoms with E-state index in [4.69, 9.17) is 10.00 Å². The van der Waals surface area contributed by atoms with E-state index in [0.717, 1.165) is 26.1 Å². The molecule has 2 saturated heterocycles. The number of carbonyl (C=O) groups is 1. The van der Waals surface area contributed by atoms with Crippen LogP contribution < -0.4 is 0 Å². The molecule has 2 fully saturated rings. The molecule has 0 bridgehead atoms. The van der Waals surface area contributed by atoms with Crippen molar-refractivity contribution >= 4 is 17.7 Å². The van der Waals surface area contributed by atoms with E-state index in [0.29, 0.717) is 24.7 Å². The monoisotopic (exact) mass is 283 g/mol. The molecule has 2 heterocycles. The van der Waals surface area contributed by atoms with Crippen LogP contribution in [0, 0.1) is 11.3 Å². The Kier molecular flexibility index (Phi) is 5.49. The Morgan fingerprint density at radius 3 is 3.11 bits per heavy atom. The van der Waals surface area contributed by atoms with E-state index in [1.54, 1.807) is 0 Å². The van der Waals surface area contributed by atoms with Crippen molar-refractivity contribution in [2.24, 2.45) is 0 Å². The Balaban J connectivity index is 1.91. The molecule has 1 amide bonds. The summed E-state index contributed by atoms with van der Waals surface area (Å²) >= 11 is 1.40. The van der Waals surface area contributed by atoms with Gasteiger partial charge in [-0.25, -0.2) is 0 Å². The lowest BCUT2D eigenvalue weighted by molar-refractivity contribution is -0.149. The molecule has 0 radical (unpaired) electrons. The van der Waals surface area contributed by atoms with E-state index in [-0.39, 0.29) is 18.1 Å². The number of carbonyl (C=O) groups excluding carboxylic acids is 1. The van der Waals surface area contributed by atoms with Crippen molar-refractivity contribution in [1.82, 2.24) is 9.80 Å². The molecule has 2 rings (SSSR count). The van der Waals surface area contributed by atoms with Gasteiger partial charge in [0, 0.05) is 19.6 Å². The summed E-state index contributed by atoms with van der Waals surface area (Å²) in [4.78, 5) is 16.6. The highest BCUT2D eigenvalue weighted by Gasteiger charge is 2.38. The molecule has 19 heavy (non-hydrogen) atoms. The van der Waals surface area contributed by atoms with Gasteiger partial charge in [0.2, 0.25) is 5.91 Å². The molecule has 0 aromatic rings. The molecule has 0 saturated carbocycles. The number of rotatable bonds is 4. The maximum atomic E-state index is 12.2. The summed E-state index contributed by atoms with van der Waals surface area (Å²) in [5.41, 5.74) is 0. The fraction of sp³-hybridized carbons (Fsp3) is 0.846. The average molecular weight is 283 g/mol. The molecule has 2 aliphatic heterocycles. The highest BCUT2D eigenvalue weighted by Crippen LogP contribution is 2.23. The van der Waals surface area contributed by atoms with Gasteiger partial charge in [-0.2, -0.15) is 5.26 Å². The first-order chi connectivity index (χ1) is 9.26.